The second-order valence-electron chi connectivity index (χ2n) is 3.64. The van der Waals surface area contributed by atoms with Crippen molar-refractivity contribution in [1.82, 2.24) is 5.43 Å². The number of hydrogen-bond donors (Lipinski definition) is 1. The highest BCUT2D eigenvalue weighted by molar-refractivity contribution is 5.94. The Balaban J connectivity index is 1.97. The molecule has 8 heteroatoms. The zero-order valence-corrected chi connectivity index (χ0v) is 9.95. The van der Waals surface area contributed by atoms with E-state index in [1.807, 2.05) is 0 Å². The first-order chi connectivity index (χ1) is 9.56. The van der Waals surface area contributed by atoms with Crippen LogP contribution in [0.4, 0.5) is 10.3 Å². The molecule has 0 saturated carbocycles. The lowest BCUT2D eigenvalue weighted by Gasteiger charge is -1.98. The molecule has 1 amide bonds. The zero-order valence-electron chi connectivity index (χ0n) is 9.95. The molecular formula is C12H8FN3O4. The monoisotopic (exact) mass is 277 g/mol. The lowest BCUT2D eigenvalue weighted by atomic mass is 10.2. The van der Waals surface area contributed by atoms with Gasteiger partial charge in [0.1, 0.15) is 10.7 Å². The average Bonchev–Trinajstić information content (AvgIpc) is 2.88. The molecule has 1 aromatic heterocycles. The van der Waals surface area contributed by atoms with Gasteiger partial charge in [0.25, 0.3) is 5.91 Å². The van der Waals surface area contributed by atoms with Gasteiger partial charge in [-0.15, -0.1) is 0 Å². The van der Waals surface area contributed by atoms with Gasteiger partial charge in [0.15, 0.2) is 5.76 Å². The molecular weight excluding hydrogens is 269 g/mol. The molecule has 0 saturated heterocycles. The number of rotatable bonds is 4. The van der Waals surface area contributed by atoms with Crippen molar-refractivity contribution >= 4 is 18.0 Å². The first-order valence-corrected chi connectivity index (χ1v) is 5.39. The summed E-state index contributed by atoms with van der Waals surface area (Å²) in [4.78, 5) is 21.3. The Bertz CT molecular complexity index is 664. The van der Waals surface area contributed by atoms with E-state index in [1.165, 1.54) is 24.3 Å². The number of carbonyl (C=O) groups is 1. The van der Waals surface area contributed by atoms with Crippen molar-refractivity contribution in [2.75, 3.05) is 0 Å². The molecule has 0 spiro atoms. The number of halogens is 1. The Morgan fingerprint density at radius 2 is 2.00 bits per heavy atom. The maximum absolute atomic E-state index is 12.7. The number of carbonyl (C=O) groups excluding carboxylic acids is 1. The van der Waals surface area contributed by atoms with E-state index >= 15 is 0 Å². The van der Waals surface area contributed by atoms with E-state index in [1.54, 1.807) is 0 Å². The summed E-state index contributed by atoms with van der Waals surface area (Å²) in [5, 5.41) is 14.0. The summed E-state index contributed by atoms with van der Waals surface area (Å²) in [7, 11) is 0. The van der Waals surface area contributed by atoms with Crippen LogP contribution in [0, 0.1) is 15.9 Å². The quantitative estimate of drug-likeness (QED) is 0.525. The third kappa shape index (κ3) is 3.25. The predicted molar refractivity (Wildman–Crippen MR) is 66.8 cm³/mol. The normalized spacial score (nSPS) is 10.7. The van der Waals surface area contributed by atoms with Gasteiger partial charge in [-0.25, -0.2) is 9.82 Å². The lowest BCUT2D eigenvalue weighted by molar-refractivity contribution is -0.402. The Labute approximate surface area is 111 Å². The second-order valence-corrected chi connectivity index (χ2v) is 3.64. The number of benzene rings is 1. The largest absolute Gasteiger partial charge is 0.433 e. The third-order valence-electron chi connectivity index (χ3n) is 2.26. The minimum Gasteiger partial charge on any atom is -0.400 e. The maximum Gasteiger partial charge on any atom is 0.433 e. The van der Waals surface area contributed by atoms with Gasteiger partial charge in [-0.05, 0) is 30.3 Å². The molecule has 0 bridgehead atoms. The van der Waals surface area contributed by atoms with Crippen LogP contribution in [0.3, 0.4) is 0 Å². The molecule has 2 rings (SSSR count). The van der Waals surface area contributed by atoms with Crippen molar-refractivity contribution < 1.29 is 18.5 Å². The van der Waals surface area contributed by atoms with E-state index in [4.69, 9.17) is 4.42 Å². The zero-order chi connectivity index (χ0) is 14.5. The van der Waals surface area contributed by atoms with Crippen molar-refractivity contribution in [3.63, 3.8) is 0 Å². The fourth-order valence-corrected chi connectivity index (χ4v) is 1.33. The Hall–Kier alpha value is -3.03. The lowest BCUT2D eigenvalue weighted by Crippen LogP contribution is -2.17. The molecule has 0 unspecified atom stereocenters. The number of amides is 1. The van der Waals surface area contributed by atoms with Crippen molar-refractivity contribution in [3.8, 4) is 0 Å². The molecule has 1 N–H and O–H groups in total. The summed E-state index contributed by atoms with van der Waals surface area (Å²) in [6.45, 7) is 0. The molecule has 1 heterocycles. The van der Waals surface area contributed by atoms with Crippen LogP contribution in [0.5, 0.6) is 0 Å². The van der Waals surface area contributed by atoms with Crippen LogP contribution in [0.1, 0.15) is 16.1 Å². The first-order valence-electron chi connectivity index (χ1n) is 5.39. The van der Waals surface area contributed by atoms with Crippen LogP contribution in [-0.4, -0.2) is 17.0 Å². The highest BCUT2D eigenvalue weighted by Crippen LogP contribution is 2.13. The summed E-state index contributed by atoms with van der Waals surface area (Å²) in [5.41, 5.74) is 2.41. The van der Waals surface area contributed by atoms with Crippen molar-refractivity contribution in [2.24, 2.45) is 5.10 Å². The van der Waals surface area contributed by atoms with Gasteiger partial charge in [0.2, 0.25) is 0 Å². The Kier molecular flexibility index (Phi) is 3.85. The fraction of sp³-hybridized carbons (Fsp3) is 0. The van der Waals surface area contributed by atoms with Gasteiger partial charge in [-0.1, -0.05) is 0 Å². The SMILES string of the molecule is O=C(N/N=C/c1ccc([N+](=O)[O-])o1)c1ccc(F)cc1. The van der Waals surface area contributed by atoms with Crippen molar-refractivity contribution in [2.45, 2.75) is 0 Å². The third-order valence-corrected chi connectivity index (χ3v) is 2.26. The summed E-state index contributed by atoms with van der Waals surface area (Å²) in [6, 6.07) is 7.41. The first kappa shape index (κ1) is 13.4. The number of nitro groups is 1. The van der Waals surface area contributed by atoms with Crippen LogP contribution in [0.15, 0.2) is 45.9 Å². The highest BCUT2D eigenvalue weighted by Gasteiger charge is 2.10. The average molecular weight is 277 g/mol. The topological polar surface area (TPSA) is 97.7 Å². The number of hydrazone groups is 1. The molecule has 2 aromatic rings. The van der Waals surface area contributed by atoms with E-state index < -0.39 is 22.5 Å². The van der Waals surface area contributed by atoms with Crippen LogP contribution in [0.25, 0.3) is 0 Å². The smallest absolute Gasteiger partial charge is 0.400 e. The predicted octanol–water partition coefficient (Wildman–Crippen LogP) is 2.09. The molecule has 0 fully saturated rings. The maximum atomic E-state index is 12.7. The molecule has 7 nitrogen and oxygen atoms in total. The van der Waals surface area contributed by atoms with Gasteiger partial charge in [-0.2, -0.15) is 5.10 Å². The molecule has 0 aliphatic carbocycles. The standard InChI is InChI=1S/C12H8FN3O4/c13-9-3-1-8(2-4-9)12(17)15-14-7-10-5-6-11(20-10)16(18)19/h1-7H,(H,15,17)/b14-7+. The minimum atomic E-state index is -0.686. The minimum absolute atomic E-state index is 0.121. The molecule has 0 aliphatic rings. The second kappa shape index (κ2) is 5.74. The molecule has 0 aliphatic heterocycles. The highest BCUT2D eigenvalue weighted by atomic mass is 19.1. The summed E-state index contributed by atoms with van der Waals surface area (Å²) in [5.74, 6) is -1.29. The van der Waals surface area contributed by atoms with Gasteiger partial charge < -0.3 is 4.42 Å². The Morgan fingerprint density at radius 3 is 2.60 bits per heavy atom. The van der Waals surface area contributed by atoms with Crippen LogP contribution < -0.4 is 5.43 Å². The number of nitrogens with one attached hydrogen (secondary N) is 1. The summed E-state index contributed by atoms with van der Waals surface area (Å²) >= 11 is 0. The van der Waals surface area contributed by atoms with E-state index in [0.29, 0.717) is 0 Å². The van der Waals surface area contributed by atoms with Gasteiger partial charge in [-0.3, -0.25) is 14.9 Å². The van der Waals surface area contributed by atoms with Crippen molar-refractivity contribution in [3.05, 3.63) is 63.7 Å². The van der Waals surface area contributed by atoms with Gasteiger partial charge in [0, 0.05) is 5.56 Å². The van der Waals surface area contributed by atoms with E-state index in [0.717, 1.165) is 18.3 Å². The molecule has 102 valence electrons. The van der Waals surface area contributed by atoms with E-state index in [-0.39, 0.29) is 11.3 Å². The molecule has 0 atom stereocenters. The van der Waals surface area contributed by atoms with Gasteiger partial charge >= 0.3 is 5.88 Å². The number of nitrogens with zero attached hydrogens (tertiary/aromatic N) is 2. The molecule has 0 radical (unpaired) electrons. The molecule has 20 heavy (non-hydrogen) atoms. The van der Waals surface area contributed by atoms with E-state index in [2.05, 4.69) is 10.5 Å². The summed E-state index contributed by atoms with van der Waals surface area (Å²) in [6.07, 6.45) is 1.12. The molecule has 1 aromatic carbocycles. The van der Waals surface area contributed by atoms with Crippen LogP contribution in [0.2, 0.25) is 0 Å². The van der Waals surface area contributed by atoms with Crippen LogP contribution in [-0.2, 0) is 0 Å². The fourth-order valence-electron chi connectivity index (χ4n) is 1.33. The number of hydrogen-bond acceptors (Lipinski definition) is 5. The van der Waals surface area contributed by atoms with Gasteiger partial charge in [0.05, 0.1) is 12.3 Å². The number of furan rings is 1. The van der Waals surface area contributed by atoms with Crippen molar-refractivity contribution in [1.29, 1.82) is 0 Å². The summed E-state index contributed by atoms with van der Waals surface area (Å²) < 4.78 is 17.5. The van der Waals surface area contributed by atoms with E-state index in [9.17, 15) is 19.3 Å². The Morgan fingerprint density at radius 1 is 1.30 bits per heavy atom. The van der Waals surface area contributed by atoms with Crippen LogP contribution >= 0.6 is 0 Å².